The molecule has 1 saturated heterocycles. The molecular formula is C16H26N2O3S. The van der Waals surface area contributed by atoms with Gasteiger partial charge in [-0.1, -0.05) is 43.2 Å². The van der Waals surface area contributed by atoms with Crippen molar-refractivity contribution < 1.29 is 13.5 Å². The maximum atomic E-state index is 12.4. The van der Waals surface area contributed by atoms with E-state index in [1.807, 2.05) is 30.3 Å². The largest absolute Gasteiger partial charge is 0.396 e. The monoisotopic (exact) mass is 326 g/mol. The molecule has 1 aliphatic rings. The minimum absolute atomic E-state index is 0.00652. The zero-order valence-electron chi connectivity index (χ0n) is 12.9. The van der Waals surface area contributed by atoms with Crippen molar-refractivity contribution in [2.24, 2.45) is 0 Å². The zero-order chi connectivity index (χ0) is 15.8. The Morgan fingerprint density at radius 3 is 2.32 bits per heavy atom. The minimum atomic E-state index is -3.43. The van der Waals surface area contributed by atoms with Crippen molar-refractivity contribution in [1.29, 1.82) is 0 Å². The van der Waals surface area contributed by atoms with E-state index in [4.69, 9.17) is 0 Å². The maximum Gasteiger partial charge on any atom is 0.279 e. The summed E-state index contributed by atoms with van der Waals surface area (Å²) in [5, 5.41) is 9.23. The molecular weight excluding hydrogens is 300 g/mol. The van der Waals surface area contributed by atoms with Crippen LogP contribution in [0.2, 0.25) is 0 Å². The first kappa shape index (κ1) is 17.4. The Morgan fingerprint density at radius 1 is 1.09 bits per heavy atom. The topological polar surface area (TPSA) is 69.6 Å². The third-order valence-corrected chi connectivity index (χ3v) is 5.74. The average molecular weight is 326 g/mol. The van der Waals surface area contributed by atoms with E-state index in [0.29, 0.717) is 26.1 Å². The van der Waals surface area contributed by atoms with Crippen LogP contribution in [0.4, 0.5) is 0 Å². The van der Waals surface area contributed by atoms with E-state index in [1.54, 1.807) is 4.31 Å². The van der Waals surface area contributed by atoms with Gasteiger partial charge in [0.1, 0.15) is 0 Å². The van der Waals surface area contributed by atoms with Crippen molar-refractivity contribution in [3.63, 3.8) is 0 Å². The fraction of sp³-hybridized carbons (Fsp3) is 0.625. The lowest BCUT2D eigenvalue weighted by Gasteiger charge is -2.23. The van der Waals surface area contributed by atoms with Gasteiger partial charge in [0.2, 0.25) is 0 Å². The Hall–Kier alpha value is -0.950. The summed E-state index contributed by atoms with van der Waals surface area (Å²) in [6, 6.07) is 9.74. The molecule has 1 aromatic rings. The predicted octanol–water partition coefficient (Wildman–Crippen LogP) is 1.86. The van der Waals surface area contributed by atoms with Crippen molar-refractivity contribution in [3.05, 3.63) is 35.9 Å². The summed E-state index contributed by atoms with van der Waals surface area (Å²) in [5.41, 5.74) is 1.05. The Kier molecular flexibility index (Phi) is 6.82. The second-order valence-electron chi connectivity index (χ2n) is 5.79. The van der Waals surface area contributed by atoms with E-state index in [0.717, 1.165) is 31.2 Å². The molecule has 0 bridgehead atoms. The van der Waals surface area contributed by atoms with Crippen LogP contribution in [0.15, 0.2) is 30.3 Å². The highest BCUT2D eigenvalue weighted by atomic mass is 32.2. The molecule has 1 aliphatic heterocycles. The van der Waals surface area contributed by atoms with Crippen molar-refractivity contribution in [2.75, 3.05) is 26.2 Å². The zero-order valence-corrected chi connectivity index (χ0v) is 13.8. The summed E-state index contributed by atoms with van der Waals surface area (Å²) in [6.07, 6.45) is 4.61. The van der Waals surface area contributed by atoms with Gasteiger partial charge in [0.05, 0.1) is 0 Å². The number of benzene rings is 1. The van der Waals surface area contributed by atoms with Gasteiger partial charge in [-0.25, -0.2) is 4.72 Å². The minimum Gasteiger partial charge on any atom is -0.396 e. The van der Waals surface area contributed by atoms with Crippen molar-refractivity contribution in [1.82, 2.24) is 9.03 Å². The summed E-state index contributed by atoms with van der Waals surface area (Å²) in [5.74, 6) is -0.00652. The second kappa shape index (κ2) is 8.62. The van der Waals surface area contributed by atoms with Crippen LogP contribution in [0, 0.1) is 0 Å². The molecule has 6 heteroatoms. The van der Waals surface area contributed by atoms with Gasteiger partial charge < -0.3 is 5.11 Å². The molecule has 22 heavy (non-hydrogen) atoms. The van der Waals surface area contributed by atoms with Gasteiger partial charge in [0.25, 0.3) is 10.2 Å². The molecule has 5 nitrogen and oxygen atoms in total. The standard InChI is InChI=1S/C16H26N2O3S/c19-13-10-16(15-8-4-3-5-9-15)14-17-22(20,21)18-11-6-1-2-7-12-18/h3-5,8-9,16-17,19H,1-2,6-7,10-14H2. The van der Waals surface area contributed by atoms with Crippen molar-refractivity contribution in [3.8, 4) is 0 Å². The van der Waals surface area contributed by atoms with Gasteiger partial charge in [0, 0.05) is 26.2 Å². The molecule has 1 fully saturated rings. The van der Waals surface area contributed by atoms with Crippen LogP contribution in [-0.2, 0) is 10.2 Å². The molecule has 0 spiro atoms. The summed E-state index contributed by atoms with van der Waals surface area (Å²) in [6.45, 7) is 1.57. The number of nitrogens with zero attached hydrogens (tertiary/aromatic N) is 1. The molecule has 0 amide bonds. The molecule has 2 rings (SSSR count). The lowest BCUT2D eigenvalue weighted by Crippen LogP contribution is -2.42. The summed E-state index contributed by atoms with van der Waals surface area (Å²) in [4.78, 5) is 0. The van der Waals surface area contributed by atoms with Crippen molar-refractivity contribution >= 4 is 10.2 Å². The van der Waals surface area contributed by atoms with Gasteiger partial charge in [-0.3, -0.25) is 0 Å². The van der Waals surface area contributed by atoms with E-state index < -0.39 is 10.2 Å². The molecule has 0 radical (unpaired) electrons. The number of aliphatic hydroxyl groups excluding tert-OH is 1. The van der Waals surface area contributed by atoms with E-state index in [2.05, 4.69) is 4.72 Å². The van der Waals surface area contributed by atoms with Gasteiger partial charge in [-0.15, -0.1) is 0 Å². The molecule has 1 atom stereocenters. The number of aliphatic hydroxyl groups is 1. The fourth-order valence-electron chi connectivity index (χ4n) is 2.85. The highest BCUT2D eigenvalue weighted by Gasteiger charge is 2.24. The molecule has 2 N–H and O–H groups in total. The molecule has 0 aromatic heterocycles. The third-order valence-electron chi connectivity index (χ3n) is 4.17. The lowest BCUT2D eigenvalue weighted by molar-refractivity contribution is 0.275. The van der Waals surface area contributed by atoms with Crippen LogP contribution in [-0.4, -0.2) is 44.1 Å². The maximum absolute atomic E-state index is 12.4. The molecule has 0 aliphatic carbocycles. The summed E-state index contributed by atoms with van der Waals surface area (Å²) < 4.78 is 29.1. The second-order valence-corrected chi connectivity index (χ2v) is 7.54. The first-order chi connectivity index (χ1) is 10.6. The van der Waals surface area contributed by atoms with Crippen LogP contribution in [0.5, 0.6) is 0 Å². The molecule has 1 heterocycles. The van der Waals surface area contributed by atoms with E-state index in [-0.39, 0.29) is 12.5 Å². The normalized spacial score (nSPS) is 18.8. The molecule has 1 aromatic carbocycles. The van der Waals surface area contributed by atoms with Crippen LogP contribution in [0.1, 0.15) is 43.6 Å². The summed E-state index contributed by atoms with van der Waals surface area (Å²) >= 11 is 0. The number of rotatable bonds is 7. The quantitative estimate of drug-likeness (QED) is 0.803. The van der Waals surface area contributed by atoms with E-state index >= 15 is 0 Å². The Balaban J connectivity index is 1.98. The van der Waals surface area contributed by atoms with Crippen LogP contribution >= 0.6 is 0 Å². The van der Waals surface area contributed by atoms with Gasteiger partial charge in [0.15, 0.2) is 0 Å². The van der Waals surface area contributed by atoms with Gasteiger partial charge in [-0.05, 0) is 30.7 Å². The molecule has 124 valence electrons. The highest BCUT2D eigenvalue weighted by molar-refractivity contribution is 7.87. The third kappa shape index (κ3) is 5.05. The smallest absolute Gasteiger partial charge is 0.279 e. The van der Waals surface area contributed by atoms with E-state index in [9.17, 15) is 13.5 Å². The van der Waals surface area contributed by atoms with E-state index in [1.165, 1.54) is 0 Å². The van der Waals surface area contributed by atoms with Crippen LogP contribution in [0.3, 0.4) is 0 Å². The number of hydrogen-bond acceptors (Lipinski definition) is 3. The Bertz CT molecular complexity index is 526. The highest BCUT2D eigenvalue weighted by Crippen LogP contribution is 2.19. The lowest BCUT2D eigenvalue weighted by atomic mass is 9.96. The predicted molar refractivity (Wildman–Crippen MR) is 87.8 cm³/mol. The van der Waals surface area contributed by atoms with Crippen molar-refractivity contribution in [2.45, 2.75) is 38.0 Å². The molecule has 0 saturated carbocycles. The first-order valence-corrected chi connectivity index (χ1v) is 9.48. The number of hydrogen-bond donors (Lipinski definition) is 2. The summed E-state index contributed by atoms with van der Waals surface area (Å²) in [7, 11) is -3.43. The fourth-order valence-corrected chi connectivity index (χ4v) is 4.18. The SMILES string of the molecule is O=S(=O)(NCC(CCO)c1ccccc1)N1CCCCCC1. The van der Waals surface area contributed by atoms with Gasteiger partial charge in [-0.2, -0.15) is 12.7 Å². The van der Waals surface area contributed by atoms with Gasteiger partial charge >= 0.3 is 0 Å². The Morgan fingerprint density at radius 2 is 1.73 bits per heavy atom. The number of nitrogens with one attached hydrogen (secondary N) is 1. The Labute approximate surface area is 133 Å². The average Bonchev–Trinajstić information content (AvgIpc) is 2.82. The first-order valence-electron chi connectivity index (χ1n) is 8.04. The van der Waals surface area contributed by atoms with Crippen LogP contribution < -0.4 is 4.72 Å². The molecule has 1 unspecified atom stereocenters. The van der Waals surface area contributed by atoms with Crippen LogP contribution in [0.25, 0.3) is 0 Å².